The van der Waals surface area contributed by atoms with Crippen molar-refractivity contribution in [3.63, 3.8) is 0 Å². The minimum absolute atomic E-state index is 0.111. The Labute approximate surface area is 126 Å². The van der Waals surface area contributed by atoms with E-state index in [1.165, 1.54) is 19.1 Å². The van der Waals surface area contributed by atoms with Gasteiger partial charge in [0.25, 0.3) is 0 Å². The largest absolute Gasteiger partial charge is 0.348 e. The third-order valence-corrected chi connectivity index (χ3v) is 6.79. The summed E-state index contributed by atoms with van der Waals surface area (Å²) in [5.74, 6) is -0.969. The predicted molar refractivity (Wildman–Crippen MR) is 81.8 cm³/mol. The highest BCUT2D eigenvalue weighted by Crippen LogP contribution is 2.52. The molecular weight excluding hydrogens is 313 g/mol. The van der Waals surface area contributed by atoms with E-state index in [1.54, 1.807) is 26.0 Å². The van der Waals surface area contributed by atoms with E-state index in [0.717, 1.165) is 5.56 Å². The summed E-state index contributed by atoms with van der Waals surface area (Å²) in [4.78, 5) is 0.111. The fourth-order valence-corrected chi connectivity index (χ4v) is 4.95. The van der Waals surface area contributed by atoms with Gasteiger partial charge in [-0.15, -0.1) is 0 Å². The van der Waals surface area contributed by atoms with Gasteiger partial charge in [-0.2, -0.15) is 4.72 Å². The molecule has 8 heteroatoms. The van der Waals surface area contributed by atoms with Gasteiger partial charge in [-0.25, -0.2) is 8.42 Å². The first-order valence-corrected chi connectivity index (χ1v) is 9.82. The Kier molecular flexibility index (Phi) is 6.56. The van der Waals surface area contributed by atoms with Crippen molar-refractivity contribution in [2.45, 2.75) is 38.4 Å². The highest BCUT2D eigenvalue weighted by molar-refractivity contribution is 7.89. The number of hydrogen-bond acceptors (Lipinski definition) is 5. The van der Waals surface area contributed by atoms with Gasteiger partial charge in [0.2, 0.25) is 10.0 Å². The lowest BCUT2D eigenvalue weighted by Crippen LogP contribution is -2.33. The van der Waals surface area contributed by atoms with Crippen LogP contribution in [0, 0.1) is 6.92 Å². The lowest BCUT2D eigenvalue weighted by Gasteiger charge is -2.24. The molecule has 0 aliphatic carbocycles. The molecule has 1 atom stereocenters. The van der Waals surface area contributed by atoms with Crippen LogP contribution in [0.1, 0.15) is 26.3 Å². The molecule has 0 radical (unpaired) electrons. The highest BCUT2D eigenvalue weighted by Gasteiger charge is 2.35. The minimum atomic E-state index is -3.78. The second-order valence-corrected chi connectivity index (χ2v) is 8.57. The zero-order valence-corrected chi connectivity index (χ0v) is 14.4. The smallest absolute Gasteiger partial charge is 0.308 e. The maximum atomic E-state index is 12.5. The lowest BCUT2D eigenvalue weighted by molar-refractivity contribution is 0.212. The first-order valence-electron chi connectivity index (χ1n) is 6.73. The monoisotopic (exact) mass is 335 g/mol. The summed E-state index contributed by atoms with van der Waals surface area (Å²) in [5, 5.41) is 0. The van der Waals surface area contributed by atoms with Crippen molar-refractivity contribution in [3.05, 3.63) is 29.8 Å². The number of benzene rings is 1. The van der Waals surface area contributed by atoms with E-state index in [2.05, 4.69) is 4.72 Å². The maximum absolute atomic E-state index is 12.5. The van der Waals surface area contributed by atoms with Crippen LogP contribution in [0.2, 0.25) is 0 Å². The van der Waals surface area contributed by atoms with Crippen molar-refractivity contribution in [2.24, 2.45) is 0 Å². The van der Waals surface area contributed by atoms with Crippen molar-refractivity contribution < 1.29 is 22.0 Å². The Morgan fingerprint density at radius 1 is 1.14 bits per heavy atom. The molecule has 0 aliphatic heterocycles. The summed E-state index contributed by atoms with van der Waals surface area (Å²) >= 11 is 0. The topological polar surface area (TPSA) is 81.7 Å². The summed E-state index contributed by atoms with van der Waals surface area (Å²) < 4.78 is 49.7. The summed E-state index contributed by atoms with van der Waals surface area (Å²) in [5.41, 5.74) is 0.955. The standard InChI is InChI=1S/C13H22NO5PS/c1-5-18-20(15,19-6-2)12(4)14-21(16,17)13-9-7-11(3)8-10-13/h7-10,12,14H,5-6H2,1-4H3/t12-/m0/s1. The summed E-state index contributed by atoms with van der Waals surface area (Å²) in [7, 11) is -7.31. The first-order chi connectivity index (χ1) is 9.75. The third-order valence-electron chi connectivity index (χ3n) is 2.75. The van der Waals surface area contributed by atoms with Gasteiger partial charge in [-0.05, 0) is 39.8 Å². The van der Waals surface area contributed by atoms with Crippen molar-refractivity contribution in [1.82, 2.24) is 4.72 Å². The fraction of sp³-hybridized carbons (Fsp3) is 0.538. The Hall–Kier alpha value is -0.720. The number of rotatable bonds is 8. The zero-order chi connectivity index (χ0) is 16.1. The number of aryl methyl sites for hydroxylation is 1. The first kappa shape index (κ1) is 18.3. The van der Waals surface area contributed by atoms with E-state index in [9.17, 15) is 13.0 Å². The summed E-state index contributed by atoms with van der Waals surface area (Å²) in [6, 6.07) is 6.39. The van der Waals surface area contributed by atoms with Crippen molar-refractivity contribution in [2.75, 3.05) is 13.2 Å². The van der Waals surface area contributed by atoms with Gasteiger partial charge < -0.3 is 9.05 Å². The van der Waals surface area contributed by atoms with Crippen molar-refractivity contribution in [3.8, 4) is 0 Å². The average Bonchev–Trinajstić information content (AvgIpc) is 2.39. The summed E-state index contributed by atoms with van der Waals surface area (Å²) in [6.07, 6.45) is 0. The highest BCUT2D eigenvalue weighted by atomic mass is 32.2. The van der Waals surface area contributed by atoms with Gasteiger partial charge in [0.05, 0.1) is 18.1 Å². The average molecular weight is 335 g/mol. The molecule has 0 heterocycles. The Morgan fingerprint density at radius 3 is 2.05 bits per heavy atom. The maximum Gasteiger partial charge on any atom is 0.348 e. The van der Waals surface area contributed by atoms with Gasteiger partial charge in [0.15, 0.2) is 0 Å². The molecule has 21 heavy (non-hydrogen) atoms. The van der Waals surface area contributed by atoms with Gasteiger partial charge in [-0.1, -0.05) is 17.7 Å². The van der Waals surface area contributed by atoms with E-state index < -0.39 is 23.4 Å². The van der Waals surface area contributed by atoms with Crippen LogP contribution in [0.5, 0.6) is 0 Å². The molecule has 0 unspecified atom stereocenters. The molecule has 0 fully saturated rings. The Bertz CT molecular complexity index is 589. The molecule has 0 amide bonds. The number of sulfonamides is 1. The van der Waals surface area contributed by atoms with Crippen LogP contribution >= 0.6 is 7.60 Å². The van der Waals surface area contributed by atoms with E-state index in [4.69, 9.17) is 9.05 Å². The molecule has 0 bridgehead atoms. The van der Waals surface area contributed by atoms with E-state index in [0.29, 0.717) is 0 Å². The molecule has 6 nitrogen and oxygen atoms in total. The summed E-state index contributed by atoms with van der Waals surface area (Å²) in [6.45, 7) is 7.03. The zero-order valence-electron chi connectivity index (χ0n) is 12.7. The van der Waals surface area contributed by atoms with Crippen molar-refractivity contribution in [1.29, 1.82) is 0 Å². The van der Waals surface area contributed by atoms with Crippen LogP contribution in [0.25, 0.3) is 0 Å². The van der Waals surface area contributed by atoms with E-state index in [1.807, 2.05) is 6.92 Å². The van der Waals surface area contributed by atoms with Gasteiger partial charge in [-0.3, -0.25) is 4.57 Å². The number of nitrogens with one attached hydrogen (secondary N) is 1. The molecule has 1 aromatic carbocycles. The Balaban J connectivity index is 2.96. The van der Waals surface area contributed by atoms with Gasteiger partial charge in [0.1, 0.15) is 5.78 Å². The molecule has 1 rings (SSSR count). The van der Waals surface area contributed by atoms with Crippen LogP contribution in [0.4, 0.5) is 0 Å². The minimum Gasteiger partial charge on any atom is -0.308 e. The van der Waals surface area contributed by atoms with E-state index >= 15 is 0 Å². The van der Waals surface area contributed by atoms with Gasteiger partial charge in [0, 0.05) is 0 Å². The van der Waals surface area contributed by atoms with Crippen LogP contribution in [-0.2, 0) is 23.6 Å². The molecule has 1 aromatic rings. The van der Waals surface area contributed by atoms with E-state index in [-0.39, 0.29) is 18.1 Å². The van der Waals surface area contributed by atoms with Crippen LogP contribution in [0.3, 0.4) is 0 Å². The third kappa shape index (κ3) is 4.90. The van der Waals surface area contributed by atoms with Crippen molar-refractivity contribution >= 4 is 17.6 Å². The molecule has 0 aliphatic rings. The predicted octanol–water partition coefficient (Wildman–Crippen LogP) is 2.89. The van der Waals surface area contributed by atoms with Crippen LogP contribution < -0.4 is 4.72 Å². The second-order valence-electron chi connectivity index (χ2n) is 4.49. The molecule has 120 valence electrons. The molecule has 0 saturated carbocycles. The van der Waals surface area contributed by atoms with Gasteiger partial charge >= 0.3 is 7.60 Å². The molecule has 1 N–H and O–H groups in total. The number of hydrogen-bond donors (Lipinski definition) is 1. The SMILES string of the molecule is CCOP(=O)(OCC)[C@@H](C)NS(=O)(=O)c1ccc(C)cc1. The molecule has 0 spiro atoms. The van der Waals surface area contributed by atoms with Crippen LogP contribution in [-0.4, -0.2) is 27.4 Å². The second kappa shape index (κ2) is 7.51. The normalized spacial score (nSPS) is 14.1. The fourth-order valence-electron chi connectivity index (χ4n) is 1.70. The molecule has 0 saturated heterocycles. The Morgan fingerprint density at radius 2 is 1.62 bits per heavy atom. The lowest BCUT2D eigenvalue weighted by atomic mass is 10.2. The quantitative estimate of drug-likeness (QED) is 0.739. The van der Waals surface area contributed by atoms with Crippen LogP contribution in [0.15, 0.2) is 29.2 Å². The molecule has 0 aromatic heterocycles. The molecular formula is C13H22NO5PS.